The molecule has 1 unspecified atom stereocenters. The number of carboxylic acids is 1. The second-order valence-corrected chi connectivity index (χ2v) is 7.79. The number of pyridine rings is 1. The average molecular weight is 420 g/mol. The van der Waals surface area contributed by atoms with E-state index < -0.39 is 5.97 Å². The third-order valence-electron chi connectivity index (χ3n) is 5.39. The minimum Gasteiger partial charge on any atom is -0.481 e. The van der Waals surface area contributed by atoms with Crippen molar-refractivity contribution in [2.75, 3.05) is 11.9 Å². The van der Waals surface area contributed by atoms with Crippen LogP contribution in [0.15, 0.2) is 55.0 Å². The Hall–Kier alpha value is -3.48. The Morgan fingerprint density at radius 1 is 1.32 bits per heavy atom. The van der Waals surface area contributed by atoms with Crippen LogP contribution in [0.2, 0.25) is 0 Å². The van der Waals surface area contributed by atoms with Crippen molar-refractivity contribution in [2.45, 2.75) is 38.1 Å². The molecule has 6 nitrogen and oxygen atoms in total. The monoisotopic (exact) mass is 420 g/mol. The molecule has 0 radical (unpaired) electrons. The number of aryl methyl sites for hydroxylation is 1. The van der Waals surface area contributed by atoms with Crippen molar-refractivity contribution in [3.8, 4) is 0 Å². The van der Waals surface area contributed by atoms with E-state index in [-0.39, 0.29) is 18.2 Å². The van der Waals surface area contributed by atoms with Crippen molar-refractivity contribution in [2.24, 2.45) is 0 Å². The van der Waals surface area contributed by atoms with Gasteiger partial charge in [0.2, 0.25) is 0 Å². The van der Waals surface area contributed by atoms with Crippen LogP contribution in [0.3, 0.4) is 0 Å². The molecule has 4 rings (SSSR count). The summed E-state index contributed by atoms with van der Waals surface area (Å²) in [5.74, 6) is -0.635. The van der Waals surface area contributed by atoms with Gasteiger partial charge in [0, 0.05) is 37.3 Å². The third kappa shape index (κ3) is 5.57. The molecule has 7 heteroatoms. The normalized spacial score (nSPS) is 14.2. The molecule has 2 N–H and O–H groups in total. The summed E-state index contributed by atoms with van der Waals surface area (Å²) in [6, 6.07) is 10.3. The molecule has 0 amide bonds. The zero-order valence-corrected chi connectivity index (χ0v) is 17.2. The highest BCUT2D eigenvalue weighted by molar-refractivity contribution is 5.68. The number of hydrogen-bond acceptors (Lipinski definition) is 4. The van der Waals surface area contributed by atoms with Crippen LogP contribution < -0.4 is 5.32 Å². The van der Waals surface area contributed by atoms with Gasteiger partial charge in [-0.05, 0) is 48.2 Å². The van der Waals surface area contributed by atoms with Crippen LogP contribution in [-0.2, 0) is 24.2 Å². The number of aromatic nitrogens is 3. The van der Waals surface area contributed by atoms with Gasteiger partial charge >= 0.3 is 5.97 Å². The fourth-order valence-corrected chi connectivity index (χ4v) is 3.86. The van der Waals surface area contributed by atoms with E-state index in [9.17, 15) is 14.3 Å². The number of aliphatic carboxylic acids is 1. The van der Waals surface area contributed by atoms with Crippen LogP contribution in [0.1, 0.15) is 41.3 Å². The predicted octanol–water partition coefficient (Wildman–Crippen LogP) is 4.29. The lowest BCUT2D eigenvalue weighted by Gasteiger charge is -2.17. The van der Waals surface area contributed by atoms with Crippen molar-refractivity contribution < 1.29 is 14.3 Å². The van der Waals surface area contributed by atoms with Crippen molar-refractivity contribution in [1.29, 1.82) is 0 Å². The number of anilines is 1. The standard InChI is InChI=1S/C24H25FN4O2/c25-20-6-1-4-18(12-20)19(13-23(30)31)14-29-15-22(27-16-29)8-2-7-21-10-9-17-5-3-11-26-24(17)28-21/h1-2,4,6,8-10,12,15-16,19H,3,5,7,11,13-14H2,(H,26,28)(H,30,31)/b8-2+. The minimum absolute atomic E-state index is 0.0785. The van der Waals surface area contributed by atoms with Gasteiger partial charge in [-0.1, -0.05) is 24.3 Å². The zero-order chi connectivity index (χ0) is 21.6. The number of fused-ring (bicyclic) bond motifs is 1. The van der Waals surface area contributed by atoms with Gasteiger partial charge in [0.25, 0.3) is 0 Å². The van der Waals surface area contributed by atoms with Crippen molar-refractivity contribution in [3.05, 3.63) is 83.3 Å². The van der Waals surface area contributed by atoms with Crippen molar-refractivity contribution in [3.63, 3.8) is 0 Å². The molecule has 31 heavy (non-hydrogen) atoms. The number of imidazole rings is 1. The number of hydrogen-bond donors (Lipinski definition) is 2. The maximum Gasteiger partial charge on any atom is 0.304 e. The van der Waals surface area contributed by atoms with Crippen LogP contribution in [0.5, 0.6) is 0 Å². The predicted molar refractivity (Wildman–Crippen MR) is 117 cm³/mol. The maximum atomic E-state index is 13.6. The first-order valence-corrected chi connectivity index (χ1v) is 10.4. The first-order chi connectivity index (χ1) is 15.1. The number of benzene rings is 1. The van der Waals surface area contributed by atoms with E-state index in [0.29, 0.717) is 18.5 Å². The van der Waals surface area contributed by atoms with E-state index in [1.807, 2.05) is 22.9 Å². The fourth-order valence-electron chi connectivity index (χ4n) is 3.86. The minimum atomic E-state index is -0.915. The highest BCUT2D eigenvalue weighted by Crippen LogP contribution is 2.23. The molecular weight excluding hydrogens is 395 g/mol. The third-order valence-corrected chi connectivity index (χ3v) is 5.39. The molecule has 0 aliphatic carbocycles. The molecule has 0 spiro atoms. The zero-order valence-electron chi connectivity index (χ0n) is 17.2. The van der Waals surface area contributed by atoms with E-state index in [4.69, 9.17) is 0 Å². The van der Waals surface area contributed by atoms with E-state index in [1.165, 1.54) is 17.7 Å². The molecule has 0 bridgehead atoms. The molecule has 0 fully saturated rings. The number of rotatable bonds is 8. The lowest BCUT2D eigenvalue weighted by Crippen LogP contribution is -2.13. The molecule has 1 aliphatic heterocycles. The fraction of sp³-hybridized carbons (Fsp3) is 0.292. The largest absolute Gasteiger partial charge is 0.481 e. The van der Waals surface area contributed by atoms with Gasteiger partial charge < -0.3 is 15.0 Å². The number of carboxylic acid groups (broad SMARTS) is 1. The van der Waals surface area contributed by atoms with Crippen molar-refractivity contribution >= 4 is 17.9 Å². The summed E-state index contributed by atoms with van der Waals surface area (Å²) < 4.78 is 15.4. The highest BCUT2D eigenvalue weighted by Gasteiger charge is 2.17. The lowest BCUT2D eigenvalue weighted by molar-refractivity contribution is -0.137. The summed E-state index contributed by atoms with van der Waals surface area (Å²) in [6.45, 7) is 1.38. The Kier molecular flexibility index (Phi) is 6.40. The van der Waals surface area contributed by atoms with E-state index in [0.717, 1.165) is 36.6 Å². The SMILES string of the molecule is O=C(O)CC(Cn1cnc(/C=C/Cc2ccc3c(n2)NCCC3)c1)c1cccc(F)c1. The van der Waals surface area contributed by atoms with Gasteiger partial charge in [-0.25, -0.2) is 14.4 Å². The van der Waals surface area contributed by atoms with Gasteiger partial charge in [-0.2, -0.15) is 0 Å². The second-order valence-electron chi connectivity index (χ2n) is 7.79. The van der Waals surface area contributed by atoms with Crippen LogP contribution in [0.4, 0.5) is 10.2 Å². The molecule has 0 saturated heterocycles. The van der Waals surface area contributed by atoms with Crippen LogP contribution in [0.25, 0.3) is 6.08 Å². The van der Waals surface area contributed by atoms with Gasteiger partial charge in [0.15, 0.2) is 0 Å². The summed E-state index contributed by atoms with van der Waals surface area (Å²) >= 11 is 0. The maximum absolute atomic E-state index is 13.6. The smallest absolute Gasteiger partial charge is 0.304 e. The lowest BCUT2D eigenvalue weighted by atomic mass is 9.95. The topological polar surface area (TPSA) is 80.0 Å². The molecular formula is C24H25FN4O2. The summed E-state index contributed by atoms with van der Waals surface area (Å²) in [7, 11) is 0. The Morgan fingerprint density at radius 3 is 3.06 bits per heavy atom. The second kappa shape index (κ2) is 9.55. The van der Waals surface area contributed by atoms with E-state index >= 15 is 0 Å². The summed E-state index contributed by atoms with van der Waals surface area (Å²) in [4.78, 5) is 20.4. The van der Waals surface area contributed by atoms with Gasteiger partial charge in [0.1, 0.15) is 11.6 Å². The molecule has 3 heterocycles. The Labute approximate surface area is 180 Å². The first kappa shape index (κ1) is 20.8. The van der Waals surface area contributed by atoms with Crippen LogP contribution >= 0.6 is 0 Å². The van der Waals surface area contributed by atoms with Gasteiger partial charge in [0.05, 0.1) is 18.4 Å². The van der Waals surface area contributed by atoms with E-state index in [1.54, 1.807) is 18.5 Å². The first-order valence-electron chi connectivity index (χ1n) is 10.4. The molecule has 1 aromatic carbocycles. The molecule has 160 valence electrons. The van der Waals surface area contributed by atoms with Crippen molar-refractivity contribution in [1.82, 2.24) is 14.5 Å². The number of carbonyl (C=O) groups is 1. The molecule has 1 aliphatic rings. The Balaban J connectivity index is 1.40. The average Bonchev–Trinajstić information content (AvgIpc) is 3.20. The van der Waals surface area contributed by atoms with Gasteiger partial charge in [-0.3, -0.25) is 4.79 Å². The van der Waals surface area contributed by atoms with Crippen LogP contribution in [-0.4, -0.2) is 32.2 Å². The summed E-state index contributed by atoms with van der Waals surface area (Å²) in [5, 5.41) is 12.6. The van der Waals surface area contributed by atoms with Crippen LogP contribution in [0, 0.1) is 5.82 Å². The highest BCUT2D eigenvalue weighted by atomic mass is 19.1. The molecule has 0 saturated carbocycles. The molecule has 1 atom stereocenters. The Bertz CT molecular complexity index is 1090. The van der Waals surface area contributed by atoms with E-state index in [2.05, 4.69) is 27.4 Å². The number of nitrogens with one attached hydrogen (secondary N) is 1. The van der Waals surface area contributed by atoms with Gasteiger partial charge in [-0.15, -0.1) is 0 Å². The summed E-state index contributed by atoms with van der Waals surface area (Å²) in [6.07, 6.45) is 10.3. The number of allylic oxidation sites excluding steroid dienone is 1. The number of nitrogens with zero attached hydrogens (tertiary/aromatic N) is 3. The summed E-state index contributed by atoms with van der Waals surface area (Å²) in [5.41, 5.74) is 3.72. The molecule has 3 aromatic rings. The number of halogens is 1. The Morgan fingerprint density at radius 2 is 2.23 bits per heavy atom. The molecule has 2 aromatic heterocycles. The quantitative estimate of drug-likeness (QED) is 0.568.